The number of aryl methyl sites for hydroxylation is 1. The minimum absolute atomic E-state index is 0. The van der Waals surface area contributed by atoms with Crippen LogP contribution in [0, 0.1) is 6.92 Å². The number of carbonyl (C=O) groups is 1. The minimum atomic E-state index is -2.87. The normalized spacial score (nSPS) is 12.2. The van der Waals surface area contributed by atoms with E-state index >= 15 is 0 Å². The lowest BCUT2D eigenvalue weighted by Crippen LogP contribution is -2.38. The van der Waals surface area contributed by atoms with Crippen LogP contribution >= 0.6 is 35.3 Å². The van der Waals surface area contributed by atoms with Crippen LogP contribution in [0.5, 0.6) is 5.75 Å². The van der Waals surface area contributed by atoms with Gasteiger partial charge in [0.25, 0.3) is 0 Å². The molecule has 0 saturated carbocycles. The smallest absolute Gasteiger partial charge is 0.387 e. The molecule has 7 nitrogen and oxygen atoms in total. The number of halogens is 3. The fourth-order valence-electron chi connectivity index (χ4n) is 2.57. The van der Waals surface area contributed by atoms with Crippen molar-refractivity contribution in [2.24, 2.45) is 4.99 Å². The van der Waals surface area contributed by atoms with Crippen molar-refractivity contribution in [2.75, 3.05) is 13.2 Å². The van der Waals surface area contributed by atoms with Gasteiger partial charge < -0.3 is 20.1 Å². The topological polar surface area (TPSA) is 84.8 Å². The third-order valence-electron chi connectivity index (χ3n) is 3.89. The fraction of sp³-hybridized carbons (Fsp3) is 0.450. The zero-order valence-electron chi connectivity index (χ0n) is 17.8. The molecule has 1 heterocycles. The molecule has 1 atom stereocenters. The molecule has 2 aromatic rings. The van der Waals surface area contributed by atoms with Crippen LogP contribution in [0.3, 0.4) is 0 Å². The van der Waals surface area contributed by atoms with E-state index in [-0.39, 0.29) is 48.3 Å². The molecule has 1 unspecified atom stereocenters. The molecule has 11 heteroatoms. The van der Waals surface area contributed by atoms with Crippen molar-refractivity contribution >= 4 is 47.2 Å². The van der Waals surface area contributed by atoms with Crippen molar-refractivity contribution in [1.82, 2.24) is 15.6 Å². The number of rotatable bonds is 9. The van der Waals surface area contributed by atoms with E-state index in [0.717, 1.165) is 10.6 Å². The van der Waals surface area contributed by atoms with E-state index in [1.54, 1.807) is 26.0 Å². The molecule has 1 aromatic carbocycles. The molecule has 0 radical (unpaired) electrons. The van der Waals surface area contributed by atoms with E-state index in [1.165, 1.54) is 23.5 Å². The number of guanidine groups is 1. The number of carbonyl (C=O) groups excluding carboxylic acids is 1. The lowest BCUT2D eigenvalue weighted by molar-refractivity contribution is -0.0498. The second kappa shape index (κ2) is 13.4. The number of nitrogens with one attached hydrogen (secondary N) is 2. The van der Waals surface area contributed by atoms with Crippen LogP contribution in [-0.2, 0) is 11.3 Å². The van der Waals surface area contributed by atoms with E-state index in [4.69, 9.17) is 4.74 Å². The highest BCUT2D eigenvalue weighted by Crippen LogP contribution is 2.24. The molecular formula is C20H27F2IN4O3S. The summed E-state index contributed by atoms with van der Waals surface area (Å²) in [5.41, 5.74) is 1.35. The molecule has 0 aliphatic heterocycles. The molecule has 2 N–H and O–H groups in total. The highest BCUT2D eigenvalue weighted by Gasteiger charge is 2.20. The quantitative estimate of drug-likeness (QED) is 0.198. The summed E-state index contributed by atoms with van der Waals surface area (Å²) in [4.78, 5) is 21.5. The first-order valence-electron chi connectivity index (χ1n) is 9.57. The van der Waals surface area contributed by atoms with Crippen molar-refractivity contribution in [2.45, 2.75) is 46.9 Å². The van der Waals surface area contributed by atoms with E-state index in [0.29, 0.717) is 29.7 Å². The molecule has 2 rings (SSSR count). The highest BCUT2D eigenvalue weighted by molar-refractivity contribution is 14.0. The molecule has 0 aliphatic carbocycles. The number of benzene rings is 1. The molecule has 31 heavy (non-hydrogen) atoms. The summed E-state index contributed by atoms with van der Waals surface area (Å²) in [6.45, 7) is 5.72. The standard InChI is InChI=1S/C20H26F2N4O3S.HI/c1-5-23-20(24-11-14-8-7-9-15(10-14)29-19(21)22)26-13(4)17-25-12(3)16(30-17)18(27)28-6-2;/h7-10,13,19H,5-6,11H2,1-4H3,(H2,23,24,26);1H. The predicted octanol–water partition coefficient (Wildman–Crippen LogP) is 4.66. The Hall–Kier alpha value is -2.02. The summed E-state index contributed by atoms with van der Waals surface area (Å²) in [5.74, 6) is 0.252. The summed E-state index contributed by atoms with van der Waals surface area (Å²) in [6.07, 6.45) is 0. The number of aliphatic imine (C=N–C) groups is 1. The van der Waals surface area contributed by atoms with Crippen LogP contribution in [0.1, 0.15) is 52.7 Å². The third kappa shape index (κ3) is 8.56. The summed E-state index contributed by atoms with van der Waals surface area (Å²) >= 11 is 1.28. The third-order valence-corrected chi connectivity index (χ3v) is 5.21. The average Bonchev–Trinajstić information content (AvgIpc) is 3.08. The van der Waals surface area contributed by atoms with Crippen LogP contribution in [0.25, 0.3) is 0 Å². The molecule has 0 bridgehead atoms. The molecule has 0 spiro atoms. The number of hydrogen-bond acceptors (Lipinski definition) is 6. The average molecular weight is 568 g/mol. The van der Waals surface area contributed by atoms with Gasteiger partial charge >= 0.3 is 12.6 Å². The maximum absolute atomic E-state index is 12.4. The van der Waals surface area contributed by atoms with Gasteiger partial charge in [-0.05, 0) is 45.4 Å². The molecule has 1 aromatic heterocycles. The summed E-state index contributed by atoms with van der Waals surface area (Å²) < 4.78 is 34.3. The summed E-state index contributed by atoms with van der Waals surface area (Å²) in [6, 6.07) is 6.21. The number of aromatic nitrogens is 1. The Morgan fingerprint density at radius 3 is 2.71 bits per heavy atom. The molecule has 0 amide bonds. The van der Waals surface area contributed by atoms with Crippen LogP contribution in [-0.4, -0.2) is 36.7 Å². The predicted molar refractivity (Wildman–Crippen MR) is 128 cm³/mol. The second-order valence-electron chi connectivity index (χ2n) is 6.27. The van der Waals surface area contributed by atoms with Gasteiger partial charge in [-0.3, -0.25) is 0 Å². The first-order valence-corrected chi connectivity index (χ1v) is 10.4. The second-order valence-corrected chi connectivity index (χ2v) is 7.30. The number of nitrogens with zero attached hydrogens (tertiary/aromatic N) is 2. The maximum Gasteiger partial charge on any atom is 0.387 e. The molecule has 0 fully saturated rings. The van der Waals surface area contributed by atoms with Gasteiger partial charge in [-0.25, -0.2) is 14.8 Å². The Kier molecular flexibility index (Phi) is 11.7. The van der Waals surface area contributed by atoms with Gasteiger partial charge in [-0.2, -0.15) is 8.78 Å². The summed E-state index contributed by atoms with van der Waals surface area (Å²) in [5, 5.41) is 7.11. The SMILES string of the molecule is CCNC(=NCc1cccc(OC(F)F)c1)NC(C)c1nc(C)c(C(=O)OCC)s1.I. The minimum Gasteiger partial charge on any atom is -0.462 e. The monoisotopic (exact) mass is 568 g/mol. The lowest BCUT2D eigenvalue weighted by atomic mass is 10.2. The van der Waals surface area contributed by atoms with Crippen LogP contribution in [0.2, 0.25) is 0 Å². The molecule has 172 valence electrons. The molecular weight excluding hydrogens is 541 g/mol. The van der Waals surface area contributed by atoms with Gasteiger partial charge in [-0.15, -0.1) is 35.3 Å². The zero-order chi connectivity index (χ0) is 22.1. The van der Waals surface area contributed by atoms with Crippen molar-refractivity contribution < 1.29 is 23.0 Å². The Morgan fingerprint density at radius 2 is 2.06 bits per heavy atom. The van der Waals surface area contributed by atoms with Gasteiger partial charge in [0.15, 0.2) is 5.96 Å². The fourth-order valence-corrected chi connectivity index (χ4v) is 3.53. The summed E-state index contributed by atoms with van der Waals surface area (Å²) in [7, 11) is 0. The number of hydrogen-bond donors (Lipinski definition) is 2. The first kappa shape index (κ1) is 27.0. The van der Waals surface area contributed by atoms with Gasteiger partial charge in [0.2, 0.25) is 0 Å². The lowest BCUT2D eigenvalue weighted by Gasteiger charge is -2.16. The van der Waals surface area contributed by atoms with E-state index < -0.39 is 6.61 Å². The van der Waals surface area contributed by atoms with Gasteiger partial charge in [0, 0.05) is 6.54 Å². The Balaban J connectivity index is 0.00000480. The van der Waals surface area contributed by atoms with Crippen molar-refractivity contribution in [3.8, 4) is 5.75 Å². The molecule has 0 saturated heterocycles. The van der Waals surface area contributed by atoms with Gasteiger partial charge in [0.05, 0.1) is 24.9 Å². The van der Waals surface area contributed by atoms with Crippen molar-refractivity contribution in [1.29, 1.82) is 0 Å². The number of esters is 1. The maximum atomic E-state index is 12.4. The first-order chi connectivity index (χ1) is 14.3. The highest BCUT2D eigenvalue weighted by atomic mass is 127. The van der Waals surface area contributed by atoms with Gasteiger partial charge in [-0.1, -0.05) is 12.1 Å². The Morgan fingerprint density at radius 1 is 1.32 bits per heavy atom. The van der Waals surface area contributed by atoms with E-state index in [2.05, 4.69) is 25.3 Å². The van der Waals surface area contributed by atoms with Crippen LogP contribution < -0.4 is 15.4 Å². The molecule has 0 aliphatic rings. The van der Waals surface area contributed by atoms with Crippen molar-refractivity contribution in [3.05, 3.63) is 45.4 Å². The Bertz CT molecular complexity index is 880. The Labute approximate surface area is 201 Å². The number of alkyl halides is 2. The van der Waals surface area contributed by atoms with Crippen LogP contribution in [0.15, 0.2) is 29.3 Å². The van der Waals surface area contributed by atoms with E-state index in [1.807, 2.05) is 13.8 Å². The largest absolute Gasteiger partial charge is 0.462 e. The van der Waals surface area contributed by atoms with Gasteiger partial charge in [0.1, 0.15) is 15.6 Å². The zero-order valence-corrected chi connectivity index (χ0v) is 20.9. The number of thiazole rings is 1. The van der Waals surface area contributed by atoms with Crippen molar-refractivity contribution in [3.63, 3.8) is 0 Å². The van der Waals surface area contributed by atoms with E-state index in [9.17, 15) is 13.6 Å². The van der Waals surface area contributed by atoms with Crippen LogP contribution in [0.4, 0.5) is 8.78 Å². The number of ether oxygens (including phenoxy) is 2.